The third-order valence-electron chi connectivity index (χ3n) is 2.46. The van der Waals surface area contributed by atoms with Crippen molar-refractivity contribution in [2.45, 2.75) is 13.3 Å². The van der Waals surface area contributed by atoms with Crippen LogP contribution in [0.25, 0.3) is 0 Å². The smallest absolute Gasteiger partial charge is 0.148 e. The molecule has 5 nitrogen and oxygen atoms in total. The van der Waals surface area contributed by atoms with Gasteiger partial charge in [0.25, 0.3) is 0 Å². The van der Waals surface area contributed by atoms with Crippen LogP contribution in [0.2, 0.25) is 0 Å². The zero-order chi connectivity index (χ0) is 12.1. The van der Waals surface area contributed by atoms with Gasteiger partial charge in [0.2, 0.25) is 0 Å². The molecule has 0 spiro atoms. The molecule has 0 aliphatic rings. The topological polar surface area (TPSA) is 75.9 Å². The second kappa shape index (κ2) is 5.60. The van der Waals surface area contributed by atoms with Crippen molar-refractivity contribution in [3.8, 4) is 0 Å². The van der Waals surface area contributed by atoms with Gasteiger partial charge in [-0.2, -0.15) is 0 Å². The number of nitrogens with zero attached hydrogens (tertiary/aromatic N) is 2. The van der Waals surface area contributed by atoms with E-state index in [4.69, 9.17) is 5.84 Å². The van der Waals surface area contributed by atoms with Gasteiger partial charge in [-0.05, 0) is 24.8 Å². The Kier molecular flexibility index (Phi) is 3.89. The largest absolute Gasteiger partial charge is 0.369 e. The average Bonchev–Trinajstić information content (AvgIpc) is 2.84. The highest BCUT2D eigenvalue weighted by molar-refractivity contribution is 7.09. The van der Waals surface area contributed by atoms with Crippen molar-refractivity contribution >= 4 is 23.0 Å². The fourth-order valence-electron chi connectivity index (χ4n) is 1.53. The normalized spacial score (nSPS) is 10.2. The molecule has 6 heteroatoms. The molecule has 0 radical (unpaired) electrons. The lowest BCUT2D eigenvalue weighted by Gasteiger charge is -2.10. The first-order valence-electron chi connectivity index (χ1n) is 5.35. The number of hydrazine groups is 1. The molecule has 0 saturated carbocycles. The molecule has 0 fully saturated rings. The first kappa shape index (κ1) is 11.8. The third-order valence-corrected chi connectivity index (χ3v) is 3.40. The van der Waals surface area contributed by atoms with Crippen LogP contribution in [-0.2, 0) is 6.42 Å². The minimum absolute atomic E-state index is 0.652. The molecule has 0 aromatic carbocycles. The van der Waals surface area contributed by atoms with Gasteiger partial charge in [0.05, 0.1) is 0 Å². The summed E-state index contributed by atoms with van der Waals surface area (Å²) in [6.45, 7) is 2.78. The van der Waals surface area contributed by atoms with E-state index in [-0.39, 0.29) is 0 Å². The van der Waals surface area contributed by atoms with Crippen molar-refractivity contribution < 1.29 is 0 Å². The van der Waals surface area contributed by atoms with E-state index in [1.165, 1.54) is 11.2 Å². The van der Waals surface area contributed by atoms with Crippen LogP contribution in [0, 0.1) is 6.92 Å². The molecule has 0 saturated heterocycles. The number of thiophene rings is 1. The minimum atomic E-state index is 0.652. The van der Waals surface area contributed by atoms with Gasteiger partial charge in [-0.3, -0.25) is 0 Å². The molecule has 4 N–H and O–H groups in total. The number of nitrogens with two attached hydrogens (primary N) is 1. The highest BCUT2D eigenvalue weighted by Crippen LogP contribution is 2.17. The molecular formula is C11H15N5S. The zero-order valence-corrected chi connectivity index (χ0v) is 10.4. The lowest BCUT2D eigenvalue weighted by Crippen LogP contribution is -2.13. The van der Waals surface area contributed by atoms with E-state index in [9.17, 15) is 0 Å². The van der Waals surface area contributed by atoms with Crippen LogP contribution in [0.5, 0.6) is 0 Å². The van der Waals surface area contributed by atoms with Crippen molar-refractivity contribution in [2.24, 2.45) is 5.84 Å². The van der Waals surface area contributed by atoms with Gasteiger partial charge in [0.1, 0.15) is 18.0 Å². The van der Waals surface area contributed by atoms with E-state index in [1.54, 1.807) is 11.3 Å². The molecule has 0 aliphatic heterocycles. The van der Waals surface area contributed by atoms with Gasteiger partial charge >= 0.3 is 0 Å². The van der Waals surface area contributed by atoms with E-state index in [1.807, 2.05) is 6.92 Å². The highest BCUT2D eigenvalue weighted by atomic mass is 32.1. The molecular weight excluding hydrogens is 234 g/mol. The lowest BCUT2D eigenvalue weighted by atomic mass is 10.3. The monoisotopic (exact) mass is 249 g/mol. The van der Waals surface area contributed by atoms with E-state index >= 15 is 0 Å². The Balaban J connectivity index is 1.95. The summed E-state index contributed by atoms with van der Waals surface area (Å²) in [7, 11) is 0. The maximum absolute atomic E-state index is 5.36. The van der Waals surface area contributed by atoms with Crippen molar-refractivity contribution in [2.75, 3.05) is 17.3 Å². The molecule has 90 valence electrons. The second-order valence-corrected chi connectivity index (χ2v) is 4.63. The van der Waals surface area contributed by atoms with Gasteiger partial charge < -0.3 is 10.7 Å². The maximum atomic E-state index is 5.36. The van der Waals surface area contributed by atoms with Gasteiger partial charge in [0.15, 0.2) is 0 Å². The molecule has 2 heterocycles. The van der Waals surface area contributed by atoms with Gasteiger partial charge in [-0.25, -0.2) is 15.8 Å². The summed E-state index contributed by atoms with van der Waals surface area (Å²) in [5.74, 6) is 6.83. The van der Waals surface area contributed by atoms with Gasteiger partial charge in [0, 0.05) is 17.0 Å². The molecule has 0 atom stereocenters. The number of anilines is 2. The van der Waals surface area contributed by atoms with Gasteiger partial charge in [-0.15, -0.1) is 11.3 Å². The minimum Gasteiger partial charge on any atom is -0.369 e. The molecule has 2 rings (SSSR count). The average molecular weight is 249 g/mol. The number of hydrogen-bond donors (Lipinski definition) is 3. The van der Waals surface area contributed by atoms with Gasteiger partial charge in [-0.1, -0.05) is 6.07 Å². The first-order valence-corrected chi connectivity index (χ1v) is 6.23. The third kappa shape index (κ3) is 2.92. The number of hydrogen-bond acceptors (Lipinski definition) is 6. The summed E-state index contributed by atoms with van der Waals surface area (Å²) in [6, 6.07) is 4.19. The lowest BCUT2D eigenvalue weighted by molar-refractivity contribution is 1.01. The fourth-order valence-corrected chi connectivity index (χ4v) is 2.24. The van der Waals surface area contributed by atoms with Crippen molar-refractivity contribution in [3.05, 3.63) is 34.3 Å². The van der Waals surface area contributed by atoms with E-state index in [0.717, 1.165) is 24.3 Å². The summed E-state index contributed by atoms with van der Waals surface area (Å²) in [5, 5.41) is 5.37. The molecule has 0 amide bonds. The summed E-state index contributed by atoms with van der Waals surface area (Å²) in [4.78, 5) is 9.58. The van der Waals surface area contributed by atoms with E-state index in [0.29, 0.717) is 5.82 Å². The SMILES string of the molecule is Cc1c(NN)ncnc1NCCc1cccs1. The summed E-state index contributed by atoms with van der Waals surface area (Å²) in [6.07, 6.45) is 2.49. The predicted octanol–water partition coefficient (Wildman–Crippen LogP) is 1.79. The fraction of sp³-hybridized carbons (Fsp3) is 0.273. The zero-order valence-electron chi connectivity index (χ0n) is 9.60. The summed E-state index contributed by atoms with van der Waals surface area (Å²) in [5.41, 5.74) is 3.48. The van der Waals surface area contributed by atoms with Crippen molar-refractivity contribution in [1.29, 1.82) is 0 Å². The van der Waals surface area contributed by atoms with E-state index < -0.39 is 0 Å². The first-order chi connectivity index (χ1) is 8.31. The summed E-state index contributed by atoms with van der Waals surface area (Å²) < 4.78 is 0. The molecule has 0 bridgehead atoms. The molecule has 2 aromatic rings. The number of rotatable bonds is 5. The standard InChI is InChI=1S/C11H15N5S/c1-8-10(14-7-15-11(8)16-12)13-5-4-9-3-2-6-17-9/h2-3,6-7H,4-5,12H2,1H3,(H2,13,14,15,16). The highest BCUT2D eigenvalue weighted by Gasteiger charge is 2.04. The Labute approximate surface area is 104 Å². The Hall–Kier alpha value is -1.66. The van der Waals surface area contributed by atoms with Crippen LogP contribution in [0.15, 0.2) is 23.8 Å². The Morgan fingerprint density at radius 1 is 1.35 bits per heavy atom. The molecule has 17 heavy (non-hydrogen) atoms. The predicted molar refractivity (Wildman–Crippen MR) is 71.1 cm³/mol. The van der Waals surface area contributed by atoms with E-state index in [2.05, 4.69) is 38.2 Å². The van der Waals surface area contributed by atoms with Crippen molar-refractivity contribution in [1.82, 2.24) is 9.97 Å². The number of nitrogens with one attached hydrogen (secondary N) is 2. The van der Waals surface area contributed by atoms with Crippen LogP contribution in [-0.4, -0.2) is 16.5 Å². The number of nitrogen functional groups attached to an aromatic ring is 1. The second-order valence-electron chi connectivity index (χ2n) is 3.60. The van der Waals surface area contributed by atoms with Crippen LogP contribution in [0.3, 0.4) is 0 Å². The van der Waals surface area contributed by atoms with Crippen LogP contribution >= 0.6 is 11.3 Å². The Morgan fingerprint density at radius 2 is 2.18 bits per heavy atom. The number of aromatic nitrogens is 2. The molecule has 0 unspecified atom stereocenters. The molecule has 0 aliphatic carbocycles. The molecule has 2 aromatic heterocycles. The Bertz CT molecular complexity index is 469. The van der Waals surface area contributed by atoms with Crippen molar-refractivity contribution in [3.63, 3.8) is 0 Å². The quantitative estimate of drug-likeness (QED) is 0.556. The van der Waals surface area contributed by atoms with Crippen LogP contribution in [0.1, 0.15) is 10.4 Å². The van der Waals surface area contributed by atoms with Crippen LogP contribution < -0.4 is 16.6 Å². The van der Waals surface area contributed by atoms with Crippen LogP contribution in [0.4, 0.5) is 11.6 Å². The Morgan fingerprint density at radius 3 is 2.88 bits per heavy atom. The summed E-state index contributed by atoms with van der Waals surface area (Å²) >= 11 is 1.76. The maximum Gasteiger partial charge on any atom is 0.148 e.